The Morgan fingerprint density at radius 2 is 1.90 bits per heavy atom. The Hall–Kier alpha value is -1.54. The molecule has 1 N–H and O–H groups in total. The molecule has 3 rings (SSSR count). The van der Waals surface area contributed by atoms with Gasteiger partial charge in [-0.25, -0.2) is 4.39 Å². The van der Waals surface area contributed by atoms with E-state index in [0.717, 1.165) is 34.7 Å². The quantitative estimate of drug-likeness (QED) is 0.824. The molecule has 20 heavy (non-hydrogen) atoms. The largest absolute Gasteiger partial charge is 0.382 e. The molecule has 0 amide bonds. The predicted octanol–water partition coefficient (Wildman–Crippen LogP) is 5.15. The highest BCUT2D eigenvalue weighted by Gasteiger charge is 2.31. The van der Waals surface area contributed by atoms with Crippen molar-refractivity contribution in [3.63, 3.8) is 0 Å². The van der Waals surface area contributed by atoms with E-state index in [-0.39, 0.29) is 5.82 Å². The van der Waals surface area contributed by atoms with E-state index in [1.165, 1.54) is 6.07 Å². The van der Waals surface area contributed by atoms with Gasteiger partial charge in [-0.2, -0.15) is 0 Å². The molecule has 0 radical (unpaired) electrons. The fourth-order valence-electron chi connectivity index (χ4n) is 2.71. The average molecular weight is 290 g/mol. The third kappa shape index (κ3) is 2.66. The van der Waals surface area contributed by atoms with Gasteiger partial charge in [0.2, 0.25) is 0 Å². The lowest BCUT2D eigenvalue weighted by Gasteiger charge is -2.37. The number of benzene rings is 2. The number of anilines is 1. The molecule has 2 aromatic carbocycles. The molecule has 0 saturated heterocycles. The first-order valence-electron chi connectivity index (χ1n) is 6.90. The number of nitrogens with one attached hydrogen (secondary N) is 1. The molecule has 0 atom stereocenters. The van der Waals surface area contributed by atoms with E-state index < -0.39 is 0 Å². The molecular weight excluding hydrogens is 273 g/mol. The second-order valence-corrected chi connectivity index (χ2v) is 5.90. The summed E-state index contributed by atoms with van der Waals surface area (Å²) in [6, 6.07) is 13.5. The van der Waals surface area contributed by atoms with Crippen LogP contribution in [0.25, 0.3) is 0 Å². The lowest BCUT2D eigenvalue weighted by molar-refractivity contribution is 0.363. The molecule has 0 spiro atoms. The van der Waals surface area contributed by atoms with Crippen LogP contribution in [0.1, 0.15) is 29.9 Å². The van der Waals surface area contributed by atoms with E-state index in [9.17, 15) is 4.39 Å². The fraction of sp³-hybridized carbons (Fsp3) is 0.294. The van der Waals surface area contributed by atoms with Crippen molar-refractivity contribution in [3.05, 3.63) is 64.4 Å². The maximum absolute atomic E-state index is 13.7. The van der Waals surface area contributed by atoms with Crippen LogP contribution >= 0.6 is 11.6 Å². The predicted molar refractivity (Wildman–Crippen MR) is 82.0 cm³/mol. The maximum atomic E-state index is 13.7. The number of halogens is 2. The van der Waals surface area contributed by atoms with E-state index >= 15 is 0 Å². The minimum Gasteiger partial charge on any atom is -0.382 e. The molecular formula is C17H17ClFN. The van der Waals surface area contributed by atoms with Crippen molar-refractivity contribution in [2.45, 2.75) is 31.7 Å². The molecule has 0 aromatic heterocycles. The van der Waals surface area contributed by atoms with Crippen molar-refractivity contribution >= 4 is 17.3 Å². The first-order valence-corrected chi connectivity index (χ1v) is 7.28. The summed E-state index contributed by atoms with van der Waals surface area (Å²) in [5, 5.41) is 4.24. The van der Waals surface area contributed by atoms with Gasteiger partial charge in [-0.1, -0.05) is 35.9 Å². The van der Waals surface area contributed by atoms with Crippen molar-refractivity contribution in [2.75, 3.05) is 5.32 Å². The molecule has 0 heterocycles. The van der Waals surface area contributed by atoms with E-state index in [1.807, 2.05) is 37.3 Å². The zero-order chi connectivity index (χ0) is 14.1. The number of rotatable bonds is 3. The van der Waals surface area contributed by atoms with Crippen LogP contribution in [0, 0.1) is 12.7 Å². The molecule has 104 valence electrons. The van der Waals surface area contributed by atoms with Crippen molar-refractivity contribution in [1.82, 2.24) is 0 Å². The average Bonchev–Trinajstić information content (AvgIpc) is 2.39. The van der Waals surface area contributed by atoms with Gasteiger partial charge < -0.3 is 5.32 Å². The van der Waals surface area contributed by atoms with Gasteiger partial charge in [0.15, 0.2) is 0 Å². The summed E-state index contributed by atoms with van der Waals surface area (Å²) >= 11 is 6.11. The number of hydrogen-bond acceptors (Lipinski definition) is 1. The van der Waals surface area contributed by atoms with Gasteiger partial charge in [0.25, 0.3) is 0 Å². The van der Waals surface area contributed by atoms with Crippen LogP contribution in [0.15, 0.2) is 42.5 Å². The monoisotopic (exact) mass is 289 g/mol. The van der Waals surface area contributed by atoms with Crippen LogP contribution in [0.4, 0.5) is 10.1 Å². The zero-order valence-electron chi connectivity index (χ0n) is 11.4. The Labute approximate surface area is 123 Å². The molecule has 1 fully saturated rings. The van der Waals surface area contributed by atoms with E-state index in [2.05, 4.69) is 5.32 Å². The van der Waals surface area contributed by atoms with Gasteiger partial charge in [0, 0.05) is 16.8 Å². The summed E-state index contributed by atoms with van der Waals surface area (Å²) in [6.07, 6.45) is 1.93. The Morgan fingerprint density at radius 1 is 1.15 bits per heavy atom. The number of hydrogen-bond donors (Lipinski definition) is 1. The Kier molecular flexibility index (Phi) is 3.66. The first kappa shape index (κ1) is 13.4. The molecule has 3 heteroatoms. The van der Waals surface area contributed by atoms with E-state index in [0.29, 0.717) is 12.0 Å². The minimum absolute atomic E-state index is 0.0886. The summed E-state index contributed by atoms with van der Waals surface area (Å²) in [7, 11) is 0. The summed E-state index contributed by atoms with van der Waals surface area (Å²) in [4.78, 5) is 0. The topological polar surface area (TPSA) is 12.0 Å². The highest BCUT2D eigenvalue weighted by atomic mass is 35.5. The lowest BCUT2D eigenvalue weighted by atomic mass is 9.75. The molecule has 0 aliphatic heterocycles. The molecule has 1 saturated carbocycles. The Bertz CT molecular complexity index is 620. The summed E-state index contributed by atoms with van der Waals surface area (Å²) in [6.45, 7) is 1.99. The van der Waals surface area contributed by atoms with Crippen LogP contribution in [0.5, 0.6) is 0 Å². The highest BCUT2D eigenvalue weighted by molar-refractivity contribution is 6.31. The van der Waals surface area contributed by atoms with Crippen molar-refractivity contribution in [1.29, 1.82) is 0 Å². The third-order valence-corrected chi connectivity index (χ3v) is 4.43. The van der Waals surface area contributed by atoms with Crippen molar-refractivity contribution < 1.29 is 4.39 Å². The maximum Gasteiger partial charge on any atom is 0.126 e. The number of aryl methyl sites for hydroxylation is 1. The SMILES string of the molecule is Cc1ccc(NC2CC(c3ccccc3F)C2)cc1Cl. The van der Waals surface area contributed by atoms with Crippen LogP contribution < -0.4 is 5.32 Å². The molecule has 2 aromatic rings. The zero-order valence-corrected chi connectivity index (χ0v) is 12.1. The second-order valence-electron chi connectivity index (χ2n) is 5.50. The fourth-order valence-corrected chi connectivity index (χ4v) is 2.89. The molecule has 0 unspecified atom stereocenters. The van der Waals surface area contributed by atoms with E-state index in [4.69, 9.17) is 11.6 Å². The van der Waals surface area contributed by atoms with Gasteiger partial charge in [0.1, 0.15) is 5.82 Å². The summed E-state index contributed by atoms with van der Waals surface area (Å²) in [5.41, 5.74) is 2.96. The summed E-state index contributed by atoms with van der Waals surface area (Å²) in [5.74, 6) is 0.240. The van der Waals surface area contributed by atoms with Gasteiger partial charge in [0.05, 0.1) is 0 Å². The van der Waals surface area contributed by atoms with Gasteiger partial charge >= 0.3 is 0 Å². The standard InChI is InChI=1S/C17H17ClFN/c1-11-6-7-13(10-16(11)18)20-14-8-12(9-14)15-4-2-3-5-17(15)19/h2-7,10,12,14,20H,8-9H2,1H3. The molecule has 1 nitrogen and oxygen atoms in total. The Morgan fingerprint density at radius 3 is 2.60 bits per heavy atom. The summed E-state index contributed by atoms with van der Waals surface area (Å²) < 4.78 is 13.7. The normalized spacial score (nSPS) is 21.4. The smallest absolute Gasteiger partial charge is 0.126 e. The van der Waals surface area contributed by atoms with E-state index in [1.54, 1.807) is 6.07 Å². The van der Waals surface area contributed by atoms with Gasteiger partial charge in [-0.05, 0) is 55.0 Å². The van der Waals surface area contributed by atoms with Gasteiger partial charge in [-0.3, -0.25) is 0 Å². The van der Waals surface area contributed by atoms with Crippen LogP contribution in [0.2, 0.25) is 5.02 Å². The first-order chi connectivity index (χ1) is 9.63. The lowest BCUT2D eigenvalue weighted by Crippen LogP contribution is -2.34. The van der Waals surface area contributed by atoms with Crippen molar-refractivity contribution in [2.24, 2.45) is 0 Å². The minimum atomic E-state index is -0.0886. The Balaban J connectivity index is 1.61. The van der Waals surface area contributed by atoms with Crippen LogP contribution in [0.3, 0.4) is 0 Å². The van der Waals surface area contributed by atoms with Crippen molar-refractivity contribution in [3.8, 4) is 0 Å². The van der Waals surface area contributed by atoms with Crippen LogP contribution in [-0.2, 0) is 0 Å². The molecule has 1 aliphatic carbocycles. The van der Waals surface area contributed by atoms with Gasteiger partial charge in [-0.15, -0.1) is 0 Å². The highest BCUT2D eigenvalue weighted by Crippen LogP contribution is 2.39. The molecule has 0 bridgehead atoms. The molecule has 1 aliphatic rings. The third-order valence-electron chi connectivity index (χ3n) is 4.03. The van der Waals surface area contributed by atoms with Crippen LogP contribution in [-0.4, -0.2) is 6.04 Å². The second kappa shape index (κ2) is 5.45.